The van der Waals surface area contributed by atoms with Gasteiger partial charge in [0.15, 0.2) is 0 Å². The number of hydrogen-bond donors (Lipinski definition) is 0. The summed E-state index contributed by atoms with van der Waals surface area (Å²) < 4.78 is 0. The van der Waals surface area contributed by atoms with Crippen LogP contribution in [0.25, 0.3) is 65.3 Å². The van der Waals surface area contributed by atoms with Crippen LogP contribution in [0.5, 0.6) is 0 Å². The Kier molecular flexibility index (Phi) is 20.5. The molecule has 0 saturated carbocycles. The van der Waals surface area contributed by atoms with Crippen molar-refractivity contribution in [2.45, 2.75) is 13.8 Å². The predicted molar refractivity (Wildman–Crippen MR) is 310 cm³/mol. The average Bonchev–Trinajstić information content (AvgIpc) is 3.47. The van der Waals surface area contributed by atoms with Crippen LogP contribution in [0.1, 0.15) is 13.8 Å². The zero-order valence-electron chi connectivity index (χ0n) is 41.6. The molecule has 12 rings (SSSR count). The number of rotatable bonds is 8. The van der Waals surface area contributed by atoms with Gasteiger partial charge < -0.3 is 19.8 Å². The van der Waals surface area contributed by atoms with E-state index in [4.69, 9.17) is 19.8 Å². The Labute approximate surface area is 475 Å². The molecule has 0 spiro atoms. The van der Waals surface area contributed by atoms with Crippen molar-refractivity contribution < 1.29 is 60.6 Å². The Bertz CT molecular complexity index is 3490. The summed E-state index contributed by atoms with van der Waals surface area (Å²) >= 11 is 0. The Morgan fingerprint density at radius 3 is 0.842 bits per heavy atom. The zero-order valence-corrected chi connectivity index (χ0v) is 46.5. The summed E-state index contributed by atoms with van der Waals surface area (Å²) in [6.07, 6.45) is 0. The standard InChI is InChI=1S/2C32H22P.2C2H4O2.2Pd/c2*1-3-15-26(16-4-1)33(27-17-5-2-6-18-27)31-23-22-25-13-8-10-20-29(25)32(31)30-21-11-14-24-12-7-9-19-28(24)30;2*1-2(3)4;;/h2*1-20,22-23H;2*1H3,(H,3,4);;/q2*-1;;;2*+2/p-2. The average molecular weight is 1210 g/mol. The van der Waals surface area contributed by atoms with E-state index < -0.39 is 27.8 Å². The largest absolute Gasteiger partial charge is 2.00 e. The van der Waals surface area contributed by atoms with E-state index in [2.05, 4.69) is 279 Å². The maximum Gasteiger partial charge on any atom is 2.00 e. The van der Waals surface area contributed by atoms with Crippen molar-refractivity contribution in [2.24, 2.45) is 0 Å². The SMILES string of the molecule is CC(=O)[O-].CC(=O)[O-].[Pd+2].[Pd+2].[c-]1ccc2ccccc2c1-c1c(P(c2ccccc2)c2ccccc2)ccc2ccccc12.[c-]1ccc2ccccc2c1-c1c(P(c2ccccc2)c2ccccc2)ccc2ccccc12. The fraction of sp³-hybridized carbons (Fsp3) is 0.0294. The van der Waals surface area contributed by atoms with Gasteiger partial charge in [-0.05, 0) is 72.3 Å². The van der Waals surface area contributed by atoms with E-state index in [9.17, 15) is 0 Å². The molecule has 0 aliphatic heterocycles. The van der Waals surface area contributed by atoms with Gasteiger partial charge in [-0.2, -0.15) is 0 Å². The number of carboxylic acids is 2. The van der Waals surface area contributed by atoms with Crippen molar-refractivity contribution in [2.75, 3.05) is 0 Å². The van der Waals surface area contributed by atoms with Crippen LogP contribution in [0.3, 0.4) is 0 Å². The van der Waals surface area contributed by atoms with Crippen molar-refractivity contribution in [3.8, 4) is 22.3 Å². The third-order valence-corrected chi connectivity index (χ3v) is 17.3. The molecule has 0 aliphatic carbocycles. The number of carbonyl (C=O) groups is 2. The number of fused-ring (bicyclic) bond motifs is 4. The van der Waals surface area contributed by atoms with Crippen LogP contribution in [0.4, 0.5) is 0 Å². The van der Waals surface area contributed by atoms with E-state index in [-0.39, 0.29) is 40.8 Å². The number of aliphatic carboxylic acids is 2. The molecule has 376 valence electrons. The Hall–Kier alpha value is -7.20. The molecule has 76 heavy (non-hydrogen) atoms. The molecule has 0 unspecified atom stereocenters. The van der Waals surface area contributed by atoms with Crippen molar-refractivity contribution in [1.29, 1.82) is 0 Å². The van der Waals surface area contributed by atoms with Crippen molar-refractivity contribution >= 4 is 103 Å². The summed E-state index contributed by atoms with van der Waals surface area (Å²) in [5.74, 6) is -2.17. The van der Waals surface area contributed by atoms with Crippen molar-refractivity contribution in [3.05, 3.63) is 279 Å². The third kappa shape index (κ3) is 13.4. The van der Waals surface area contributed by atoms with E-state index in [1.807, 2.05) is 0 Å². The number of carbonyl (C=O) groups excluding carboxylic acids is 2. The van der Waals surface area contributed by atoms with Gasteiger partial charge in [0.05, 0.1) is 0 Å². The maximum atomic E-state index is 8.89. The second-order valence-electron chi connectivity index (χ2n) is 17.2. The van der Waals surface area contributed by atoms with Gasteiger partial charge in [0.1, 0.15) is 0 Å². The molecule has 0 radical (unpaired) electrons. The van der Waals surface area contributed by atoms with E-state index >= 15 is 0 Å². The third-order valence-electron chi connectivity index (χ3n) is 12.3. The molecule has 0 atom stereocenters. The fourth-order valence-corrected chi connectivity index (χ4v) is 14.3. The van der Waals surface area contributed by atoms with Crippen LogP contribution < -0.4 is 42.0 Å². The van der Waals surface area contributed by atoms with Crippen LogP contribution in [-0.2, 0) is 50.4 Å². The van der Waals surface area contributed by atoms with E-state index in [0.717, 1.165) is 13.8 Å². The smallest absolute Gasteiger partial charge is 0.550 e. The summed E-state index contributed by atoms with van der Waals surface area (Å²) in [5, 5.41) is 36.0. The topological polar surface area (TPSA) is 80.3 Å². The summed E-state index contributed by atoms with van der Waals surface area (Å²) in [7, 11) is -1.48. The maximum absolute atomic E-state index is 8.89. The first kappa shape index (κ1) is 56.5. The quantitative estimate of drug-likeness (QED) is 0.0862. The molecule has 12 aromatic carbocycles. The first-order valence-electron chi connectivity index (χ1n) is 24.3. The number of hydrogen-bond acceptors (Lipinski definition) is 4. The summed E-state index contributed by atoms with van der Waals surface area (Å²) in [6, 6.07) is 103. The molecular formula is C68H50O4P2Pd2. The molecule has 0 amide bonds. The first-order chi connectivity index (χ1) is 36.3. The van der Waals surface area contributed by atoms with Crippen LogP contribution in [0, 0.1) is 12.1 Å². The fourth-order valence-electron chi connectivity index (χ4n) is 9.32. The minimum atomic E-state index is -1.08. The van der Waals surface area contributed by atoms with Gasteiger partial charge in [-0.15, -0.1) is 69.1 Å². The van der Waals surface area contributed by atoms with Crippen molar-refractivity contribution in [1.82, 2.24) is 0 Å². The summed E-state index contributed by atoms with van der Waals surface area (Å²) in [4.78, 5) is 17.8. The van der Waals surface area contributed by atoms with Crippen LogP contribution in [0.15, 0.2) is 267 Å². The molecule has 0 aromatic heterocycles. The normalized spacial score (nSPS) is 10.5. The molecule has 0 heterocycles. The van der Waals surface area contributed by atoms with Crippen molar-refractivity contribution in [3.63, 3.8) is 0 Å². The van der Waals surface area contributed by atoms with Gasteiger partial charge in [-0.1, -0.05) is 265 Å². The monoisotopic (exact) mass is 1200 g/mol. The molecule has 0 bridgehead atoms. The number of carboxylic acid groups (broad SMARTS) is 2. The molecule has 0 saturated heterocycles. The van der Waals surface area contributed by atoms with E-state index in [1.165, 1.54) is 97.2 Å². The van der Waals surface area contributed by atoms with E-state index in [1.54, 1.807) is 0 Å². The minimum Gasteiger partial charge on any atom is -0.550 e. The first-order valence-corrected chi connectivity index (χ1v) is 26.9. The minimum absolute atomic E-state index is 0. The molecular weight excluding hydrogens is 1160 g/mol. The van der Waals surface area contributed by atoms with Gasteiger partial charge in [0.25, 0.3) is 0 Å². The molecule has 0 aliphatic rings. The molecule has 0 fully saturated rings. The Morgan fingerprint density at radius 1 is 0.316 bits per heavy atom. The molecule has 12 aromatic rings. The Morgan fingerprint density at radius 2 is 0.553 bits per heavy atom. The van der Waals surface area contributed by atoms with Gasteiger partial charge in [-0.3, -0.25) is 0 Å². The summed E-state index contributed by atoms with van der Waals surface area (Å²) in [5.41, 5.74) is 4.95. The van der Waals surface area contributed by atoms with E-state index in [0.29, 0.717) is 0 Å². The summed E-state index contributed by atoms with van der Waals surface area (Å²) in [6.45, 7) is 1.94. The molecule has 4 nitrogen and oxygen atoms in total. The van der Waals surface area contributed by atoms with Gasteiger partial charge in [0.2, 0.25) is 0 Å². The number of benzene rings is 12. The van der Waals surface area contributed by atoms with Crippen LogP contribution in [-0.4, -0.2) is 11.9 Å². The Balaban J connectivity index is 0.000000190. The van der Waals surface area contributed by atoms with Gasteiger partial charge in [0, 0.05) is 11.9 Å². The van der Waals surface area contributed by atoms with Gasteiger partial charge in [-0.25, -0.2) is 0 Å². The van der Waals surface area contributed by atoms with Crippen LogP contribution in [0.2, 0.25) is 0 Å². The zero-order chi connectivity index (χ0) is 51.2. The predicted octanol–water partition coefficient (Wildman–Crippen LogP) is 11.9. The second kappa shape index (κ2) is 27.5. The van der Waals surface area contributed by atoms with Crippen LogP contribution >= 0.6 is 15.8 Å². The molecule has 0 N–H and O–H groups in total. The molecule has 8 heteroatoms. The van der Waals surface area contributed by atoms with Gasteiger partial charge >= 0.3 is 40.8 Å². The second-order valence-corrected chi connectivity index (χ2v) is 21.6.